The molecule has 0 amide bonds. The number of methoxy groups -OCH3 is 1. The number of halogens is 1. The second-order valence-electron chi connectivity index (χ2n) is 4.37. The highest BCUT2D eigenvalue weighted by molar-refractivity contribution is 9.10. The van der Waals surface area contributed by atoms with E-state index in [2.05, 4.69) is 34.8 Å². The molecular formula is C13H16BrNO2. The second kappa shape index (κ2) is 5.08. The molecule has 0 aliphatic carbocycles. The minimum Gasteiger partial charge on any atom is -0.496 e. The normalized spacial score (nSPS) is 19.1. The maximum Gasteiger partial charge on any atom is 0.221 e. The fraction of sp³-hybridized carbons (Fsp3) is 0.462. The van der Waals surface area contributed by atoms with Gasteiger partial charge in [-0.1, -0.05) is 19.9 Å². The third-order valence-electron chi connectivity index (χ3n) is 2.85. The van der Waals surface area contributed by atoms with Gasteiger partial charge in [0.2, 0.25) is 5.90 Å². The molecule has 0 spiro atoms. The number of nitrogens with zero attached hydrogens (tertiary/aromatic N) is 1. The van der Waals surface area contributed by atoms with Crippen molar-refractivity contribution < 1.29 is 9.47 Å². The minimum atomic E-state index is 0.238. The molecule has 0 fully saturated rings. The van der Waals surface area contributed by atoms with Gasteiger partial charge in [0.05, 0.1) is 18.7 Å². The molecule has 92 valence electrons. The number of aliphatic imine (C=N–C) groups is 1. The number of ether oxygens (including phenoxy) is 2. The SMILES string of the molecule is COc1cccc(Br)c1C1=NC(C(C)C)CO1. The topological polar surface area (TPSA) is 30.8 Å². The highest BCUT2D eigenvalue weighted by Gasteiger charge is 2.26. The average Bonchev–Trinajstić information content (AvgIpc) is 2.77. The third-order valence-corrected chi connectivity index (χ3v) is 3.51. The Morgan fingerprint density at radius 3 is 2.82 bits per heavy atom. The van der Waals surface area contributed by atoms with Gasteiger partial charge in [-0.15, -0.1) is 0 Å². The first kappa shape index (κ1) is 12.4. The van der Waals surface area contributed by atoms with Crippen LogP contribution in [0.25, 0.3) is 0 Å². The molecule has 1 heterocycles. The van der Waals surface area contributed by atoms with Crippen LogP contribution in [-0.2, 0) is 4.74 Å². The van der Waals surface area contributed by atoms with Crippen molar-refractivity contribution in [3.8, 4) is 5.75 Å². The Morgan fingerprint density at radius 1 is 1.47 bits per heavy atom. The van der Waals surface area contributed by atoms with Crippen LogP contribution >= 0.6 is 15.9 Å². The summed E-state index contributed by atoms with van der Waals surface area (Å²) in [6, 6.07) is 6.05. The molecule has 0 saturated heterocycles. The van der Waals surface area contributed by atoms with E-state index in [-0.39, 0.29) is 6.04 Å². The van der Waals surface area contributed by atoms with E-state index in [4.69, 9.17) is 9.47 Å². The van der Waals surface area contributed by atoms with Crippen molar-refractivity contribution in [3.05, 3.63) is 28.2 Å². The standard InChI is InChI=1S/C13H16BrNO2/c1-8(2)10-7-17-13(15-10)12-9(14)5-4-6-11(12)16-3/h4-6,8,10H,7H2,1-3H3. The van der Waals surface area contributed by atoms with E-state index in [0.29, 0.717) is 18.4 Å². The lowest BCUT2D eigenvalue weighted by molar-refractivity contribution is 0.290. The Hall–Kier alpha value is -1.03. The second-order valence-corrected chi connectivity index (χ2v) is 5.23. The molecule has 0 saturated carbocycles. The van der Waals surface area contributed by atoms with Gasteiger partial charge < -0.3 is 9.47 Å². The van der Waals surface area contributed by atoms with Crippen LogP contribution in [-0.4, -0.2) is 25.7 Å². The van der Waals surface area contributed by atoms with Crippen molar-refractivity contribution >= 4 is 21.8 Å². The molecule has 1 aliphatic rings. The van der Waals surface area contributed by atoms with Crippen molar-refractivity contribution in [2.75, 3.05) is 13.7 Å². The molecule has 0 radical (unpaired) electrons. The lowest BCUT2D eigenvalue weighted by Gasteiger charge is -2.09. The van der Waals surface area contributed by atoms with Gasteiger partial charge in [-0.05, 0) is 34.0 Å². The molecule has 4 heteroatoms. The Bertz CT molecular complexity index is 443. The van der Waals surface area contributed by atoms with Crippen molar-refractivity contribution in [1.29, 1.82) is 0 Å². The Balaban J connectivity index is 2.38. The van der Waals surface area contributed by atoms with E-state index in [1.807, 2.05) is 18.2 Å². The summed E-state index contributed by atoms with van der Waals surface area (Å²) < 4.78 is 12.0. The minimum absolute atomic E-state index is 0.238. The smallest absolute Gasteiger partial charge is 0.221 e. The molecule has 0 N–H and O–H groups in total. The zero-order valence-electron chi connectivity index (χ0n) is 10.2. The Morgan fingerprint density at radius 2 is 2.24 bits per heavy atom. The lowest BCUT2D eigenvalue weighted by Crippen LogP contribution is -2.13. The van der Waals surface area contributed by atoms with Crippen LogP contribution in [0.4, 0.5) is 0 Å². The summed E-state index contributed by atoms with van der Waals surface area (Å²) >= 11 is 3.51. The molecule has 17 heavy (non-hydrogen) atoms. The molecule has 0 aromatic heterocycles. The number of hydrogen-bond donors (Lipinski definition) is 0. The van der Waals surface area contributed by atoms with E-state index >= 15 is 0 Å². The molecular weight excluding hydrogens is 282 g/mol. The van der Waals surface area contributed by atoms with Gasteiger partial charge >= 0.3 is 0 Å². The molecule has 3 nitrogen and oxygen atoms in total. The largest absolute Gasteiger partial charge is 0.496 e. The first-order valence-corrected chi connectivity index (χ1v) is 6.46. The predicted molar refractivity (Wildman–Crippen MR) is 71.8 cm³/mol. The zero-order chi connectivity index (χ0) is 12.4. The monoisotopic (exact) mass is 297 g/mol. The van der Waals surface area contributed by atoms with Gasteiger partial charge in [0.15, 0.2) is 0 Å². The summed E-state index contributed by atoms with van der Waals surface area (Å²) in [4.78, 5) is 4.61. The van der Waals surface area contributed by atoms with E-state index in [9.17, 15) is 0 Å². The highest BCUT2D eigenvalue weighted by atomic mass is 79.9. The van der Waals surface area contributed by atoms with Crippen LogP contribution in [0.3, 0.4) is 0 Å². The average molecular weight is 298 g/mol. The summed E-state index contributed by atoms with van der Waals surface area (Å²) in [7, 11) is 1.65. The number of hydrogen-bond acceptors (Lipinski definition) is 3. The van der Waals surface area contributed by atoms with E-state index in [1.165, 1.54) is 0 Å². The van der Waals surface area contributed by atoms with Crippen LogP contribution in [0, 0.1) is 5.92 Å². The maximum atomic E-state index is 5.68. The predicted octanol–water partition coefficient (Wildman–Crippen LogP) is 3.26. The van der Waals surface area contributed by atoms with Gasteiger partial charge in [0.25, 0.3) is 0 Å². The van der Waals surface area contributed by atoms with E-state index in [0.717, 1.165) is 15.8 Å². The molecule has 0 bridgehead atoms. The van der Waals surface area contributed by atoms with E-state index < -0.39 is 0 Å². The number of benzene rings is 1. The van der Waals surface area contributed by atoms with Gasteiger partial charge in [-0.25, -0.2) is 4.99 Å². The molecule has 2 rings (SSSR count). The van der Waals surface area contributed by atoms with Gasteiger partial charge in [-0.2, -0.15) is 0 Å². The first-order chi connectivity index (χ1) is 8.13. The van der Waals surface area contributed by atoms with Crippen LogP contribution in [0.5, 0.6) is 5.75 Å². The molecule has 1 aromatic rings. The molecule has 1 aromatic carbocycles. The van der Waals surface area contributed by atoms with Crippen molar-refractivity contribution in [2.45, 2.75) is 19.9 Å². The summed E-state index contributed by atoms with van der Waals surface area (Å²) in [6.45, 7) is 4.95. The fourth-order valence-electron chi connectivity index (χ4n) is 1.75. The summed E-state index contributed by atoms with van der Waals surface area (Å²) in [5.41, 5.74) is 0.901. The first-order valence-electron chi connectivity index (χ1n) is 5.67. The van der Waals surface area contributed by atoms with Gasteiger partial charge in [0, 0.05) is 4.47 Å². The quantitative estimate of drug-likeness (QED) is 0.857. The fourth-order valence-corrected chi connectivity index (χ4v) is 2.27. The third kappa shape index (κ3) is 2.46. The van der Waals surface area contributed by atoms with Crippen LogP contribution in [0.2, 0.25) is 0 Å². The van der Waals surface area contributed by atoms with E-state index in [1.54, 1.807) is 7.11 Å². The van der Waals surface area contributed by atoms with Crippen LogP contribution in [0.15, 0.2) is 27.7 Å². The molecule has 1 aliphatic heterocycles. The van der Waals surface area contributed by atoms with Crippen molar-refractivity contribution in [1.82, 2.24) is 0 Å². The maximum absolute atomic E-state index is 5.68. The lowest BCUT2D eigenvalue weighted by atomic mass is 10.1. The Labute approximate surface area is 110 Å². The van der Waals surface area contributed by atoms with Crippen LogP contribution in [0.1, 0.15) is 19.4 Å². The van der Waals surface area contributed by atoms with Gasteiger partial charge in [0.1, 0.15) is 12.4 Å². The zero-order valence-corrected chi connectivity index (χ0v) is 11.8. The Kier molecular flexibility index (Phi) is 3.72. The molecule has 1 unspecified atom stereocenters. The van der Waals surface area contributed by atoms with Gasteiger partial charge in [-0.3, -0.25) is 0 Å². The summed E-state index contributed by atoms with van der Waals surface area (Å²) in [5.74, 6) is 1.94. The van der Waals surface area contributed by atoms with Crippen LogP contribution < -0.4 is 4.74 Å². The number of rotatable bonds is 3. The summed E-state index contributed by atoms with van der Waals surface area (Å²) in [5, 5.41) is 0. The summed E-state index contributed by atoms with van der Waals surface area (Å²) in [6.07, 6.45) is 0. The molecule has 1 atom stereocenters. The van der Waals surface area contributed by atoms with Crippen molar-refractivity contribution in [3.63, 3.8) is 0 Å². The highest BCUT2D eigenvalue weighted by Crippen LogP contribution is 2.30. The van der Waals surface area contributed by atoms with Crippen molar-refractivity contribution in [2.24, 2.45) is 10.9 Å².